The van der Waals surface area contributed by atoms with E-state index in [9.17, 15) is 0 Å². The van der Waals surface area contributed by atoms with Gasteiger partial charge in [-0.1, -0.05) is 60.9 Å². The summed E-state index contributed by atoms with van der Waals surface area (Å²) in [5.74, 6) is 0. The molecule has 78 valence electrons. The predicted octanol–water partition coefficient (Wildman–Crippen LogP) is 4.39. The Hall–Kier alpha value is -1.73. The number of benzene rings is 1. The predicted molar refractivity (Wildman–Crippen MR) is 62.4 cm³/mol. The van der Waals surface area contributed by atoms with Crippen LogP contribution in [-0.4, -0.2) is 0 Å². The third-order valence-corrected chi connectivity index (χ3v) is 2.09. The summed E-state index contributed by atoms with van der Waals surface area (Å²) >= 11 is 0. The second kappa shape index (κ2) is 6.68. The van der Waals surface area contributed by atoms with Crippen LogP contribution >= 0.6 is 0 Å². The topological polar surface area (TPSA) is 48.8 Å². The summed E-state index contributed by atoms with van der Waals surface area (Å²) in [5, 5.41) is 3.76. The lowest BCUT2D eigenvalue weighted by Crippen LogP contribution is -1.89. The van der Waals surface area contributed by atoms with Gasteiger partial charge in [-0.15, -0.1) is 0 Å². The quantitative estimate of drug-likeness (QED) is 0.293. The zero-order chi connectivity index (χ0) is 10.9. The molecule has 0 spiro atoms. The van der Waals surface area contributed by atoms with Gasteiger partial charge in [0.15, 0.2) is 0 Å². The van der Waals surface area contributed by atoms with Crippen LogP contribution in [0.25, 0.3) is 10.4 Å². The van der Waals surface area contributed by atoms with Gasteiger partial charge in [-0.05, 0) is 17.5 Å². The Morgan fingerprint density at radius 1 is 1.40 bits per heavy atom. The van der Waals surface area contributed by atoms with Gasteiger partial charge in [-0.3, -0.25) is 0 Å². The van der Waals surface area contributed by atoms with Crippen LogP contribution in [0.3, 0.4) is 0 Å². The highest BCUT2D eigenvalue weighted by atomic mass is 15.1. The number of allylic oxidation sites excluding steroid dienone is 1. The Kier molecular flexibility index (Phi) is 5.06. The lowest BCUT2D eigenvalue weighted by atomic mass is 10.1. The van der Waals surface area contributed by atoms with Crippen LogP contribution in [0.2, 0.25) is 0 Å². The summed E-state index contributed by atoms with van der Waals surface area (Å²) in [6.45, 7) is 2.12. The average Bonchev–Trinajstić information content (AvgIpc) is 2.29. The van der Waals surface area contributed by atoms with Crippen LogP contribution < -0.4 is 0 Å². The molecule has 3 heteroatoms. The number of nitrogens with zero attached hydrogens (tertiary/aromatic N) is 3. The van der Waals surface area contributed by atoms with Crippen molar-refractivity contribution in [3.05, 3.63) is 58.5 Å². The molecule has 0 saturated heterocycles. The molecule has 0 aliphatic rings. The third kappa shape index (κ3) is 3.88. The zero-order valence-electron chi connectivity index (χ0n) is 8.87. The number of azide groups is 1. The lowest BCUT2D eigenvalue weighted by molar-refractivity contribution is 0.876. The number of unbranched alkanes of at least 4 members (excludes halogenated alkanes) is 1. The standard InChI is InChI=1S/C12H15N3/c1-2-3-5-10-12(14-15-13)11-8-6-4-7-9-11/h4-10,12H,2-3H2,1H3/b10-5+. The molecule has 0 heterocycles. The molecule has 0 N–H and O–H groups in total. The molecule has 15 heavy (non-hydrogen) atoms. The van der Waals surface area contributed by atoms with Gasteiger partial charge in [-0.2, -0.15) is 0 Å². The molecule has 0 bridgehead atoms. The maximum absolute atomic E-state index is 8.48. The van der Waals surface area contributed by atoms with Gasteiger partial charge in [0, 0.05) is 4.91 Å². The van der Waals surface area contributed by atoms with Crippen molar-refractivity contribution < 1.29 is 0 Å². The molecule has 1 rings (SSSR count). The summed E-state index contributed by atoms with van der Waals surface area (Å²) in [7, 11) is 0. The molecule has 0 aliphatic heterocycles. The molecule has 0 saturated carbocycles. The van der Waals surface area contributed by atoms with Crippen LogP contribution in [0.4, 0.5) is 0 Å². The normalized spacial score (nSPS) is 12.3. The Balaban J connectivity index is 2.79. The van der Waals surface area contributed by atoms with Crippen molar-refractivity contribution in [1.29, 1.82) is 0 Å². The highest BCUT2D eigenvalue weighted by Crippen LogP contribution is 2.18. The van der Waals surface area contributed by atoms with Crippen molar-refractivity contribution in [3.63, 3.8) is 0 Å². The minimum atomic E-state index is -0.178. The van der Waals surface area contributed by atoms with Crippen molar-refractivity contribution >= 4 is 0 Å². The van der Waals surface area contributed by atoms with Crippen LogP contribution in [0.15, 0.2) is 47.6 Å². The van der Waals surface area contributed by atoms with Crippen LogP contribution in [0.1, 0.15) is 31.4 Å². The first-order valence-electron chi connectivity index (χ1n) is 5.14. The molecular formula is C12H15N3. The first kappa shape index (κ1) is 11.3. The lowest BCUT2D eigenvalue weighted by Gasteiger charge is -2.05. The van der Waals surface area contributed by atoms with Gasteiger partial charge < -0.3 is 0 Å². The largest absolute Gasteiger partial charge is 0.0878 e. The molecule has 1 aromatic carbocycles. The van der Waals surface area contributed by atoms with Gasteiger partial charge in [-0.25, -0.2) is 0 Å². The van der Waals surface area contributed by atoms with Gasteiger partial charge in [0.05, 0.1) is 6.04 Å². The van der Waals surface area contributed by atoms with Crippen LogP contribution in [-0.2, 0) is 0 Å². The molecule has 0 aliphatic carbocycles. The van der Waals surface area contributed by atoms with Gasteiger partial charge in [0.25, 0.3) is 0 Å². The molecule has 0 amide bonds. The zero-order valence-corrected chi connectivity index (χ0v) is 8.87. The fourth-order valence-corrected chi connectivity index (χ4v) is 1.31. The van der Waals surface area contributed by atoms with Crippen molar-refractivity contribution in [2.45, 2.75) is 25.8 Å². The minimum absolute atomic E-state index is 0.178. The van der Waals surface area contributed by atoms with E-state index in [1.807, 2.05) is 36.4 Å². The second-order valence-electron chi connectivity index (χ2n) is 3.28. The molecule has 1 atom stereocenters. The first-order chi connectivity index (χ1) is 7.38. The van der Waals surface area contributed by atoms with E-state index in [0.29, 0.717) is 0 Å². The Morgan fingerprint density at radius 3 is 2.73 bits per heavy atom. The van der Waals surface area contributed by atoms with E-state index in [2.05, 4.69) is 23.0 Å². The minimum Gasteiger partial charge on any atom is -0.0878 e. The molecule has 0 aromatic heterocycles. The number of rotatable bonds is 5. The molecule has 1 aromatic rings. The van der Waals surface area contributed by atoms with E-state index in [1.165, 1.54) is 0 Å². The highest BCUT2D eigenvalue weighted by molar-refractivity contribution is 5.23. The maximum atomic E-state index is 8.48. The highest BCUT2D eigenvalue weighted by Gasteiger charge is 2.03. The molecule has 1 unspecified atom stereocenters. The summed E-state index contributed by atoms with van der Waals surface area (Å²) in [5.41, 5.74) is 9.51. The maximum Gasteiger partial charge on any atom is 0.0806 e. The van der Waals surface area contributed by atoms with E-state index >= 15 is 0 Å². The van der Waals surface area contributed by atoms with Gasteiger partial charge >= 0.3 is 0 Å². The molecule has 3 nitrogen and oxygen atoms in total. The van der Waals surface area contributed by atoms with Crippen molar-refractivity contribution in [2.24, 2.45) is 5.11 Å². The van der Waals surface area contributed by atoms with E-state index in [1.54, 1.807) is 0 Å². The molecule has 0 fully saturated rings. The smallest absolute Gasteiger partial charge is 0.0806 e. The fraction of sp³-hybridized carbons (Fsp3) is 0.333. The summed E-state index contributed by atoms with van der Waals surface area (Å²) in [6.07, 6.45) is 6.14. The Morgan fingerprint density at radius 2 is 2.13 bits per heavy atom. The third-order valence-electron chi connectivity index (χ3n) is 2.09. The summed E-state index contributed by atoms with van der Waals surface area (Å²) in [6, 6.07) is 9.60. The second-order valence-corrected chi connectivity index (χ2v) is 3.28. The Bertz CT molecular complexity index is 350. The first-order valence-corrected chi connectivity index (χ1v) is 5.14. The average molecular weight is 201 g/mol. The van der Waals surface area contributed by atoms with Crippen LogP contribution in [0.5, 0.6) is 0 Å². The molecular weight excluding hydrogens is 186 g/mol. The number of hydrogen-bond donors (Lipinski definition) is 0. The van der Waals surface area contributed by atoms with Gasteiger partial charge in [0.1, 0.15) is 0 Å². The van der Waals surface area contributed by atoms with Crippen molar-refractivity contribution in [3.8, 4) is 0 Å². The summed E-state index contributed by atoms with van der Waals surface area (Å²) in [4.78, 5) is 2.86. The fourth-order valence-electron chi connectivity index (χ4n) is 1.31. The van der Waals surface area contributed by atoms with E-state index in [0.717, 1.165) is 18.4 Å². The monoisotopic (exact) mass is 201 g/mol. The van der Waals surface area contributed by atoms with Gasteiger partial charge in [0.2, 0.25) is 0 Å². The Labute approximate surface area is 90.1 Å². The van der Waals surface area contributed by atoms with E-state index < -0.39 is 0 Å². The van der Waals surface area contributed by atoms with E-state index in [4.69, 9.17) is 5.53 Å². The SMILES string of the molecule is CCC/C=C/C(N=[N+]=[N-])c1ccccc1. The van der Waals surface area contributed by atoms with Crippen molar-refractivity contribution in [2.75, 3.05) is 0 Å². The number of hydrogen-bond acceptors (Lipinski definition) is 1. The van der Waals surface area contributed by atoms with Crippen molar-refractivity contribution in [1.82, 2.24) is 0 Å². The van der Waals surface area contributed by atoms with E-state index in [-0.39, 0.29) is 6.04 Å². The molecule has 0 radical (unpaired) electrons. The van der Waals surface area contributed by atoms with Crippen LogP contribution in [0, 0.1) is 0 Å². The summed E-state index contributed by atoms with van der Waals surface area (Å²) < 4.78 is 0.